The molecular formula is C17H26N2OS. The Bertz CT molecular complexity index is 487. The van der Waals surface area contributed by atoms with Crippen LogP contribution in [0.15, 0.2) is 29.3 Å². The van der Waals surface area contributed by atoms with Crippen LogP contribution in [-0.2, 0) is 0 Å². The average Bonchev–Trinajstić information content (AvgIpc) is 2.85. The van der Waals surface area contributed by atoms with Gasteiger partial charge in [0.2, 0.25) is 0 Å². The van der Waals surface area contributed by atoms with Gasteiger partial charge in [-0.05, 0) is 37.8 Å². The van der Waals surface area contributed by atoms with Crippen LogP contribution in [0.3, 0.4) is 0 Å². The van der Waals surface area contributed by atoms with E-state index in [-0.39, 0.29) is 6.10 Å². The summed E-state index contributed by atoms with van der Waals surface area (Å²) in [5, 5.41) is 4.44. The first-order valence-electron chi connectivity index (χ1n) is 7.81. The van der Waals surface area contributed by atoms with Crippen LogP contribution in [0.1, 0.15) is 40.5 Å². The van der Waals surface area contributed by atoms with Gasteiger partial charge in [-0.15, -0.1) is 0 Å². The first-order chi connectivity index (χ1) is 10.1. The van der Waals surface area contributed by atoms with Crippen molar-refractivity contribution in [2.24, 2.45) is 10.9 Å². The lowest BCUT2D eigenvalue weighted by Crippen LogP contribution is -2.10. The highest BCUT2D eigenvalue weighted by molar-refractivity contribution is 8.14. The number of amidine groups is 1. The van der Waals surface area contributed by atoms with Gasteiger partial charge in [-0.2, -0.15) is 0 Å². The lowest BCUT2D eigenvalue weighted by atomic mass is 10.1. The minimum Gasteiger partial charge on any atom is -0.491 e. The van der Waals surface area contributed by atoms with Gasteiger partial charge in [0, 0.05) is 17.5 Å². The Morgan fingerprint density at radius 1 is 1.38 bits per heavy atom. The molecule has 1 aliphatic rings. The number of nitrogens with zero attached hydrogens (tertiary/aromatic N) is 1. The van der Waals surface area contributed by atoms with Crippen LogP contribution in [0.25, 0.3) is 0 Å². The van der Waals surface area contributed by atoms with E-state index >= 15 is 0 Å². The maximum Gasteiger partial charge on any atom is 0.161 e. The Morgan fingerprint density at radius 2 is 2.19 bits per heavy atom. The predicted molar refractivity (Wildman–Crippen MR) is 93.6 cm³/mol. The molecule has 2 rings (SSSR count). The molecule has 0 saturated heterocycles. The molecule has 1 aromatic carbocycles. The van der Waals surface area contributed by atoms with Crippen LogP contribution in [-0.4, -0.2) is 23.1 Å². The molecule has 2 unspecified atom stereocenters. The number of hydrogen-bond acceptors (Lipinski definition) is 4. The van der Waals surface area contributed by atoms with E-state index in [1.54, 1.807) is 0 Å². The van der Waals surface area contributed by atoms with Crippen molar-refractivity contribution in [3.63, 3.8) is 0 Å². The molecule has 0 spiro atoms. The fraction of sp³-hybridized carbons (Fsp3) is 0.588. The van der Waals surface area contributed by atoms with E-state index in [0.717, 1.165) is 35.2 Å². The van der Waals surface area contributed by atoms with Crippen molar-refractivity contribution < 1.29 is 4.74 Å². The van der Waals surface area contributed by atoms with Gasteiger partial charge in [0.1, 0.15) is 5.75 Å². The summed E-state index contributed by atoms with van der Waals surface area (Å²) in [4.78, 5) is 4.76. The molecule has 0 saturated carbocycles. The standard InChI is InChI=1S/C17H26N2OS/c1-5-13(4)20-16-8-6-7-14(10-16)18-17-19-15(11-21-17)9-12(2)3/h6-8,10,12-13,15H,5,9,11H2,1-4H3,(H,18,19). The second kappa shape index (κ2) is 7.74. The fourth-order valence-corrected chi connectivity index (χ4v) is 3.21. The Hall–Kier alpha value is -1.16. The number of thioether (sulfide) groups is 1. The molecule has 116 valence electrons. The highest BCUT2D eigenvalue weighted by Gasteiger charge is 2.19. The SMILES string of the molecule is CCC(C)Oc1cccc(NC2=NC(CC(C)C)CS2)c1. The fourth-order valence-electron chi connectivity index (χ4n) is 2.24. The normalized spacial score (nSPS) is 19.5. The van der Waals surface area contributed by atoms with Gasteiger partial charge in [-0.1, -0.05) is 38.6 Å². The van der Waals surface area contributed by atoms with E-state index in [1.807, 2.05) is 30.0 Å². The lowest BCUT2D eigenvalue weighted by Gasteiger charge is -2.13. The second-order valence-electron chi connectivity index (χ2n) is 6.02. The third-order valence-corrected chi connectivity index (χ3v) is 4.49. The molecule has 0 amide bonds. The molecule has 4 heteroatoms. The minimum absolute atomic E-state index is 0.244. The van der Waals surface area contributed by atoms with Gasteiger partial charge in [-0.3, -0.25) is 4.99 Å². The molecule has 1 aliphatic heterocycles. The Balaban J connectivity index is 1.95. The molecule has 0 bridgehead atoms. The van der Waals surface area contributed by atoms with Crippen molar-refractivity contribution in [1.82, 2.24) is 0 Å². The van der Waals surface area contributed by atoms with E-state index < -0.39 is 0 Å². The highest BCUT2D eigenvalue weighted by Crippen LogP contribution is 2.26. The smallest absolute Gasteiger partial charge is 0.161 e. The molecule has 1 heterocycles. The van der Waals surface area contributed by atoms with Crippen molar-refractivity contribution in [2.75, 3.05) is 11.1 Å². The van der Waals surface area contributed by atoms with Gasteiger partial charge in [0.05, 0.1) is 12.1 Å². The molecular weight excluding hydrogens is 280 g/mol. The van der Waals surface area contributed by atoms with Crippen LogP contribution >= 0.6 is 11.8 Å². The van der Waals surface area contributed by atoms with E-state index in [9.17, 15) is 0 Å². The van der Waals surface area contributed by atoms with Crippen LogP contribution in [0.2, 0.25) is 0 Å². The first-order valence-corrected chi connectivity index (χ1v) is 8.79. The third kappa shape index (κ3) is 5.27. The highest BCUT2D eigenvalue weighted by atomic mass is 32.2. The van der Waals surface area contributed by atoms with E-state index in [0.29, 0.717) is 12.0 Å². The van der Waals surface area contributed by atoms with Gasteiger partial charge in [0.15, 0.2) is 5.17 Å². The second-order valence-corrected chi connectivity index (χ2v) is 7.03. The monoisotopic (exact) mass is 306 g/mol. The molecule has 1 N–H and O–H groups in total. The zero-order valence-electron chi connectivity index (χ0n) is 13.4. The summed E-state index contributed by atoms with van der Waals surface area (Å²) in [6.45, 7) is 8.72. The third-order valence-electron chi connectivity index (χ3n) is 3.45. The molecule has 2 atom stereocenters. The van der Waals surface area contributed by atoms with Crippen molar-refractivity contribution in [3.05, 3.63) is 24.3 Å². The quantitative estimate of drug-likeness (QED) is 0.820. The zero-order chi connectivity index (χ0) is 15.2. The number of anilines is 1. The maximum atomic E-state index is 5.86. The van der Waals surface area contributed by atoms with Crippen LogP contribution in [0, 0.1) is 5.92 Å². The van der Waals surface area contributed by atoms with Crippen molar-refractivity contribution in [3.8, 4) is 5.75 Å². The average molecular weight is 306 g/mol. The van der Waals surface area contributed by atoms with Gasteiger partial charge < -0.3 is 10.1 Å². The Labute approximate surface area is 132 Å². The molecule has 0 aromatic heterocycles. The van der Waals surface area contributed by atoms with Crippen LogP contribution in [0.4, 0.5) is 5.69 Å². The molecule has 3 nitrogen and oxygen atoms in total. The number of aliphatic imine (C=N–C) groups is 1. The number of ether oxygens (including phenoxy) is 1. The largest absolute Gasteiger partial charge is 0.491 e. The number of nitrogens with one attached hydrogen (secondary N) is 1. The molecule has 0 aliphatic carbocycles. The summed E-state index contributed by atoms with van der Waals surface area (Å²) in [6.07, 6.45) is 2.42. The number of rotatable bonds is 6. The summed E-state index contributed by atoms with van der Waals surface area (Å²) in [6, 6.07) is 8.58. The van der Waals surface area contributed by atoms with Crippen LogP contribution in [0.5, 0.6) is 5.75 Å². The van der Waals surface area contributed by atoms with Crippen LogP contribution < -0.4 is 10.1 Å². The topological polar surface area (TPSA) is 33.6 Å². The molecule has 0 radical (unpaired) electrons. The summed E-state index contributed by atoms with van der Waals surface area (Å²) >= 11 is 1.81. The lowest BCUT2D eigenvalue weighted by molar-refractivity contribution is 0.217. The minimum atomic E-state index is 0.244. The summed E-state index contributed by atoms with van der Waals surface area (Å²) in [7, 11) is 0. The van der Waals surface area contributed by atoms with Gasteiger partial charge in [0.25, 0.3) is 0 Å². The predicted octanol–water partition coefficient (Wildman–Crippen LogP) is 4.79. The number of benzene rings is 1. The van der Waals surface area contributed by atoms with E-state index in [1.165, 1.54) is 0 Å². The summed E-state index contributed by atoms with van der Waals surface area (Å²) in [5.74, 6) is 2.70. The Kier molecular flexibility index (Phi) is 5.97. The first kappa shape index (κ1) is 16.2. The van der Waals surface area contributed by atoms with E-state index in [4.69, 9.17) is 9.73 Å². The van der Waals surface area contributed by atoms with Gasteiger partial charge >= 0.3 is 0 Å². The van der Waals surface area contributed by atoms with Crippen molar-refractivity contribution in [1.29, 1.82) is 0 Å². The zero-order valence-corrected chi connectivity index (χ0v) is 14.2. The molecule has 21 heavy (non-hydrogen) atoms. The summed E-state index contributed by atoms with van der Waals surface area (Å²) in [5.41, 5.74) is 1.05. The van der Waals surface area contributed by atoms with Crippen molar-refractivity contribution in [2.45, 2.75) is 52.7 Å². The van der Waals surface area contributed by atoms with Gasteiger partial charge in [-0.25, -0.2) is 0 Å². The molecule has 1 aromatic rings. The summed E-state index contributed by atoms with van der Waals surface area (Å²) < 4.78 is 5.86. The Morgan fingerprint density at radius 3 is 2.90 bits per heavy atom. The van der Waals surface area contributed by atoms with Crippen molar-refractivity contribution >= 4 is 22.6 Å². The molecule has 0 fully saturated rings. The maximum absolute atomic E-state index is 5.86. The number of hydrogen-bond donors (Lipinski definition) is 1. The van der Waals surface area contributed by atoms with E-state index in [2.05, 4.69) is 39.1 Å².